The van der Waals surface area contributed by atoms with E-state index in [1.54, 1.807) is 7.05 Å². The normalized spacial score (nSPS) is 14.8. The van der Waals surface area contributed by atoms with Gasteiger partial charge in [0.25, 0.3) is 0 Å². The van der Waals surface area contributed by atoms with Gasteiger partial charge in [0.05, 0.1) is 11.4 Å². The van der Waals surface area contributed by atoms with Crippen LogP contribution in [-0.4, -0.2) is 70.3 Å². The Morgan fingerprint density at radius 2 is 1.79 bits per heavy atom. The average Bonchev–Trinajstić information content (AvgIpc) is 3.10. The zero-order valence-corrected chi connectivity index (χ0v) is 19.3. The lowest BCUT2D eigenvalue weighted by Crippen LogP contribution is -2.43. The molecule has 164 valence electrons. The Bertz CT molecular complexity index is 769. The molecule has 0 aliphatic carbocycles. The van der Waals surface area contributed by atoms with Gasteiger partial charge in [-0.1, -0.05) is 18.2 Å². The minimum atomic E-state index is -3.35. The van der Waals surface area contributed by atoms with Gasteiger partial charge in [-0.3, -0.25) is 14.2 Å². The summed E-state index contributed by atoms with van der Waals surface area (Å²) in [5, 5.41) is 6.40. The molecule has 0 fully saturated rings. The Hall–Kier alpha value is -1.80. The lowest BCUT2D eigenvalue weighted by Gasteiger charge is -2.30. The fourth-order valence-electron chi connectivity index (χ4n) is 3.81. The van der Waals surface area contributed by atoms with Crippen LogP contribution < -0.4 is 14.9 Å². The van der Waals surface area contributed by atoms with E-state index in [4.69, 9.17) is 0 Å². The molecular formula is C21H37N5O2S. The first-order valence-electron chi connectivity index (χ1n) is 10.5. The average molecular weight is 424 g/mol. The van der Waals surface area contributed by atoms with Gasteiger partial charge in [0.2, 0.25) is 10.0 Å². The molecule has 0 saturated carbocycles. The van der Waals surface area contributed by atoms with E-state index in [0.717, 1.165) is 37.2 Å². The molecule has 1 aromatic rings. The van der Waals surface area contributed by atoms with Gasteiger partial charge in [0.15, 0.2) is 5.96 Å². The van der Waals surface area contributed by atoms with Crippen molar-refractivity contribution in [1.29, 1.82) is 0 Å². The summed E-state index contributed by atoms with van der Waals surface area (Å²) < 4.78 is 27.0. The Labute approximate surface area is 176 Å². The van der Waals surface area contributed by atoms with Crippen molar-refractivity contribution in [3.05, 3.63) is 29.8 Å². The van der Waals surface area contributed by atoms with Crippen LogP contribution in [-0.2, 0) is 16.4 Å². The zero-order valence-electron chi connectivity index (χ0n) is 18.5. The number of guanidine groups is 1. The number of benzene rings is 1. The summed E-state index contributed by atoms with van der Waals surface area (Å²) in [4.78, 5) is 6.66. The van der Waals surface area contributed by atoms with Crippen LogP contribution in [0.1, 0.15) is 39.7 Å². The van der Waals surface area contributed by atoms with Gasteiger partial charge in [0, 0.05) is 45.3 Å². The number of hydrogen-bond donors (Lipinski definition) is 2. The molecule has 7 nitrogen and oxygen atoms in total. The van der Waals surface area contributed by atoms with Crippen LogP contribution >= 0.6 is 0 Å². The summed E-state index contributed by atoms with van der Waals surface area (Å²) in [6.07, 6.45) is 1.77. The van der Waals surface area contributed by atoms with Gasteiger partial charge in [-0.25, -0.2) is 8.42 Å². The number of para-hydroxylation sites is 1. The molecule has 0 amide bonds. The molecule has 0 spiro atoms. The van der Waals surface area contributed by atoms with E-state index in [-0.39, 0.29) is 5.75 Å². The third kappa shape index (κ3) is 6.60. The molecule has 0 bridgehead atoms. The van der Waals surface area contributed by atoms with Crippen molar-refractivity contribution in [3.8, 4) is 0 Å². The molecule has 0 saturated heterocycles. The number of hydrogen-bond acceptors (Lipinski definition) is 4. The number of fused-ring (bicyclic) bond motifs is 1. The molecule has 1 aromatic carbocycles. The third-order valence-corrected chi connectivity index (χ3v) is 7.04. The second-order valence-corrected chi connectivity index (χ2v) is 9.98. The van der Waals surface area contributed by atoms with Gasteiger partial charge in [-0.15, -0.1) is 0 Å². The van der Waals surface area contributed by atoms with Crippen molar-refractivity contribution in [2.75, 3.05) is 43.3 Å². The fraction of sp³-hybridized carbons (Fsp3) is 0.667. The second kappa shape index (κ2) is 10.8. The fourth-order valence-corrected chi connectivity index (χ4v) is 5.23. The second-order valence-electron chi connectivity index (χ2n) is 7.97. The molecule has 2 rings (SSSR count). The number of nitrogens with one attached hydrogen (secondary N) is 2. The Morgan fingerprint density at radius 3 is 2.45 bits per heavy atom. The first-order chi connectivity index (χ1) is 13.8. The maximum atomic E-state index is 12.7. The van der Waals surface area contributed by atoms with Crippen LogP contribution in [0.4, 0.5) is 5.69 Å². The summed E-state index contributed by atoms with van der Waals surface area (Å²) >= 11 is 0. The molecule has 0 aromatic heterocycles. The Kier molecular flexibility index (Phi) is 8.77. The maximum absolute atomic E-state index is 12.7. The lowest BCUT2D eigenvalue weighted by atomic mass is 10.2. The van der Waals surface area contributed by atoms with Crippen molar-refractivity contribution in [2.45, 2.75) is 52.6 Å². The van der Waals surface area contributed by atoms with E-state index < -0.39 is 10.0 Å². The van der Waals surface area contributed by atoms with Crippen molar-refractivity contribution < 1.29 is 8.42 Å². The van der Waals surface area contributed by atoms with Crippen LogP contribution in [0.2, 0.25) is 0 Å². The van der Waals surface area contributed by atoms with E-state index >= 15 is 0 Å². The molecule has 1 aliphatic rings. The third-order valence-electron chi connectivity index (χ3n) is 5.27. The van der Waals surface area contributed by atoms with Crippen molar-refractivity contribution >= 4 is 21.7 Å². The largest absolute Gasteiger partial charge is 0.356 e. The first kappa shape index (κ1) is 23.5. The quantitative estimate of drug-likeness (QED) is 0.342. The van der Waals surface area contributed by atoms with Gasteiger partial charge in [-0.2, -0.15) is 0 Å². The zero-order chi connectivity index (χ0) is 21.4. The van der Waals surface area contributed by atoms with E-state index in [2.05, 4.69) is 48.2 Å². The maximum Gasteiger partial charge on any atom is 0.236 e. The standard InChI is InChI=1S/C21H37N5O2S/c1-17(2)25(18(3)4)14-8-12-23-21(22-5)24-13-16-29(27,28)26-15-11-19-9-6-7-10-20(19)26/h6-7,9-10,17-18H,8,11-16H2,1-5H3,(H2,22,23,24). The highest BCUT2D eigenvalue weighted by Crippen LogP contribution is 2.29. The van der Waals surface area contributed by atoms with Gasteiger partial charge in [0.1, 0.15) is 0 Å². The highest BCUT2D eigenvalue weighted by atomic mass is 32.2. The number of sulfonamides is 1. The highest BCUT2D eigenvalue weighted by Gasteiger charge is 2.28. The molecular weight excluding hydrogens is 386 g/mol. The van der Waals surface area contributed by atoms with Gasteiger partial charge in [-0.05, 0) is 52.2 Å². The molecule has 0 unspecified atom stereocenters. The summed E-state index contributed by atoms with van der Waals surface area (Å²) in [7, 11) is -1.65. The van der Waals surface area contributed by atoms with Crippen LogP contribution in [0.3, 0.4) is 0 Å². The van der Waals surface area contributed by atoms with Gasteiger partial charge < -0.3 is 10.6 Å². The summed E-state index contributed by atoms with van der Waals surface area (Å²) in [5.41, 5.74) is 1.91. The van der Waals surface area contributed by atoms with E-state index in [1.807, 2.05) is 24.3 Å². The van der Waals surface area contributed by atoms with Gasteiger partial charge >= 0.3 is 0 Å². The first-order valence-corrected chi connectivity index (χ1v) is 12.2. The van der Waals surface area contributed by atoms with E-state index in [9.17, 15) is 8.42 Å². The molecule has 29 heavy (non-hydrogen) atoms. The Morgan fingerprint density at radius 1 is 1.14 bits per heavy atom. The van der Waals surface area contributed by atoms with E-state index in [0.29, 0.717) is 31.1 Å². The summed E-state index contributed by atoms with van der Waals surface area (Å²) in [5.74, 6) is 0.680. The molecule has 0 radical (unpaired) electrons. The number of nitrogens with zero attached hydrogens (tertiary/aromatic N) is 3. The van der Waals surface area contributed by atoms with Crippen molar-refractivity contribution in [2.24, 2.45) is 4.99 Å². The number of anilines is 1. The highest BCUT2D eigenvalue weighted by molar-refractivity contribution is 7.92. The monoisotopic (exact) mass is 423 g/mol. The van der Waals surface area contributed by atoms with Crippen LogP contribution in [0.25, 0.3) is 0 Å². The van der Waals surface area contributed by atoms with Crippen LogP contribution in [0, 0.1) is 0 Å². The number of aliphatic imine (C=N–C) groups is 1. The topological polar surface area (TPSA) is 77.0 Å². The smallest absolute Gasteiger partial charge is 0.236 e. The lowest BCUT2D eigenvalue weighted by molar-refractivity contribution is 0.173. The molecule has 8 heteroatoms. The molecule has 0 atom stereocenters. The van der Waals surface area contributed by atoms with Crippen LogP contribution in [0.15, 0.2) is 29.3 Å². The minimum absolute atomic E-state index is 0.0382. The van der Waals surface area contributed by atoms with Crippen LogP contribution in [0.5, 0.6) is 0 Å². The SMILES string of the molecule is CN=C(NCCCN(C(C)C)C(C)C)NCCS(=O)(=O)N1CCc2ccccc21. The molecule has 2 N–H and O–H groups in total. The molecule has 1 heterocycles. The predicted molar refractivity (Wildman–Crippen MR) is 122 cm³/mol. The van der Waals surface area contributed by atoms with Crippen molar-refractivity contribution in [3.63, 3.8) is 0 Å². The summed E-state index contributed by atoms with van der Waals surface area (Å²) in [6, 6.07) is 8.76. The predicted octanol–water partition coefficient (Wildman–Crippen LogP) is 2.05. The van der Waals surface area contributed by atoms with Crippen molar-refractivity contribution in [1.82, 2.24) is 15.5 Å². The summed E-state index contributed by atoms with van der Waals surface area (Å²) in [6.45, 7) is 11.5. The molecule has 1 aliphatic heterocycles. The van der Waals surface area contributed by atoms with E-state index in [1.165, 1.54) is 4.31 Å². The Balaban J connectivity index is 1.76. The number of rotatable bonds is 10. The minimum Gasteiger partial charge on any atom is -0.356 e.